The van der Waals surface area contributed by atoms with E-state index in [-0.39, 0.29) is 18.1 Å². The molecule has 1 aliphatic heterocycles. The van der Waals surface area contributed by atoms with Crippen molar-refractivity contribution in [1.82, 2.24) is 9.55 Å². The Hall–Kier alpha value is -0.990. The number of hydrogen-bond acceptors (Lipinski definition) is 7. The summed E-state index contributed by atoms with van der Waals surface area (Å²) in [4.78, 5) is 15.5. The molecule has 2 heterocycles. The predicted molar refractivity (Wildman–Crippen MR) is 86.9 cm³/mol. The molecule has 0 aromatic carbocycles. The minimum Gasteiger partial charge on any atom is -0.383 e. The fraction of sp³-hybridized carbons (Fsp3) is 0.692. The van der Waals surface area contributed by atoms with Gasteiger partial charge in [-0.3, -0.25) is 9.13 Å². The molecule has 24 heavy (non-hydrogen) atoms. The second-order valence-electron chi connectivity index (χ2n) is 5.51. The molecule has 0 spiro atoms. The van der Waals surface area contributed by atoms with Gasteiger partial charge in [-0.25, -0.2) is 9.18 Å². The van der Waals surface area contributed by atoms with Crippen LogP contribution in [0.15, 0.2) is 17.1 Å². The highest BCUT2D eigenvalue weighted by molar-refractivity contribution is 7.54. The number of rotatable bonds is 7. The lowest BCUT2D eigenvalue weighted by molar-refractivity contribution is -0.0710. The fourth-order valence-corrected chi connectivity index (χ4v) is 4.13. The molecule has 1 unspecified atom stereocenters. The van der Waals surface area contributed by atoms with Gasteiger partial charge in [-0.2, -0.15) is 4.98 Å². The van der Waals surface area contributed by atoms with Crippen molar-refractivity contribution in [3.63, 3.8) is 0 Å². The number of ether oxygens (including phenoxy) is 1. The van der Waals surface area contributed by atoms with E-state index >= 15 is 0 Å². The van der Waals surface area contributed by atoms with Crippen molar-refractivity contribution >= 4 is 25.0 Å². The highest BCUT2D eigenvalue weighted by Gasteiger charge is 2.47. The summed E-state index contributed by atoms with van der Waals surface area (Å²) in [6.45, 7) is 0. The quantitative estimate of drug-likeness (QED) is 0.568. The fourth-order valence-electron chi connectivity index (χ4n) is 2.66. The molecule has 2 N–H and O–H groups in total. The normalized spacial score (nSPS) is 25.8. The highest BCUT2D eigenvalue weighted by Crippen LogP contribution is 2.56. The van der Waals surface area contributed by atoms with E-state index in [4.69, 9.17) is 22.1 Å². The number of nitrogen functional groups attached to an aromatic ring is 1. The van der Waals surface area contributed by atoms with E-state index < -0.39 is 31.0 Å². The molecule has 1 aromatic rings. The molecule has 0 bridgehead atoms. The smallest absolute Gasteiger partial charge is 0.364 e. The highest BCUT2D eigenvalue weighted by atomic mass is 35.5. The van der Waals surface area contributed by atoms with Crippen molar-refractivity contribution in [3.05, 3.63) is 22.7 Å². The van der Waals surface area contributed by atoms with Gasteiger partial charge in [0.05, 0.1) is 11.5 Å². The number of aromatic nitrogens is 2. The first-order valence-electron chi connectivity index (χ1n) is 7.23. The minimum atomic E-state index is -3.89. The lowest BCUT2D eigenvalue weighted by Crippen LogP contribution is -2.36. The summed E-state index contributed by atoms with van der Waals surface area (Å²) in [5.41, 5.74) is 3.80. The average Bonchev–Trinajstić information content (AvgIpc) is 2.98. The van der Waals surface area contributed by atoms with Gasteiger partial charge in [0.1, 0.15) is 12.0 Å². The molecule has 0 amide bonds. The van der Waals surface area contributed by atoms with E-state index in [0.717, 1.165) is 14.2 Å². The van der Waals surface area contributed by atoms with Crippen LogP contribution in [0.5, 0.6) is 0 Å². The van der Waals surface area contributed by atoms with Crippen molar-refractivity contribution in [2.24, 2.45) is 0 Å². The molecule has 1 saturated heterocycles. The summed E-state index contributed by atoms with van der Waals surface area (Å²) in [7, 11) is -1.66. The van der Waals surface area contributed by atoms with Gasteiger partial charge >= 0.3 is 13.3 Å². The molecule has 1 fully saturated rings. The van der Waals surface area contributed by atoms with Gasteiger partial charge in [-0.1, -0.05) is 0 Å². The first-order chi connectivity index (χ1) is 11.3. The molecular weight excluding hydrogens is 364 g/mol. The summed E-state index contributed by atoms with van der Waals surface area (Å²) in [5.74, 6) is -1.83. The molecule has 1 aromatic heterocycles. The monoisotopic (exact) mass is 383 g/mol. The Morgan fingerprint density at radius 2 is 2.29 bits per heavy atom. The minimum absolute atomic E-state index is 0.0332. The molecule has 0 aliphatic carbocycles. The van der Waals surface area contributed by atoms with E-state index in [1.54, 1.807) is 0 Å². The van der Waals surface area contributed by atoms with Crippen LogP contribution in [0.3, 0.4) is 0 Å². The molecule has 8 nitrogen and oxygen atoms in total. The Labute approximate surface area is 143 Å². The van der Waals surface area contributed by atoms with Crippen molar-refractivity contribution in [3.8, 4) is 0 Å². The molecule has 1 aliphatic rings. The summed E-state index contributed by atoms with van der Waals surface area (Å²) in [5, 5.41) is 0. The van der Waals surface area contributed by atoms with Crippen LogP contribution in [0.2, 0.25) is 0 Å². The Morgan fingerprint density at radius 3 is 2.83 bits per heavy atom. The second-order valence-corrected chi connectivity index (χ2v) is 8.15. The summed E-state index contributed by atoms with van der Waals surface area (Å²) < 4.78 is 43.0. The lowest BCUT2D eigenvalue weighted by atomic mass is 9.99. The van der Waals surface area contributed by atoms with Crippen molar-refractivity contribution in [2.45, 2.75) is 37.0 Å². The summed E-state index contributed by atoms with van der Waals surface area (Å²) in [6.07, 6.45) is 1.34. The maximum Gasteiger partial charge on any atom is 0.364 e. The van der Waals surface area contributed by atoms with Crippen LogP contribution in [0, 0.1) is 0 Å². The van der Waals surface area contributed by atoms with Crippen LogP contribution in [0.25, 0.3) is 0 Å². The summed E-state index contributed by atoms with van der Waals surface area (Å²) in [6, 6.07) is 1.47. The summed E-state index contributed by atoms with van der Waals surface area (Å²) >= 11 is 5.98. The maximum absolute atomic E-state index is 14.4. The van der Waals surface area contributed by atoms with E-state index in [1.807, 2.05) is 0 Å². The Balaban J connectivity index is 2.18. The first-order valence-corrected chi connectivity index (χ1v) is 9.37. The molecule has 136 valence electrons. The third kappa shape index (κ3) is 3.81. The number of anilines is 1. The topological polar surface area (TPSA) is 106 Å². The zero-order chi connectivity index (χ0) is 18.0. The second kappa shape index (κ2) is 7.49. The number of nitrogens with zero attached hydrogens (tertiary/aromatic N) is 2. The molecule has 0 saturated carbocycles. The largest absolute Gasteiger partial charge is 0.383 e. The third-order valence-corrected chi connectivity index (χ3v) is 6.40. The van der Waals surface area contributed by atoms with Crippen LogP contribution in [-0.2, 0) is 18.3 Å². The Kier molecular flexibility index (Phi) is 6.04. The molecule has 3 atom stereocenters. The first kappa shape index (κ1) is 19.3. The van der Waals surface area contributed by atoms with Crippen molar-refractivity contribution in [1.29, 1.82) is 0 Å². The third-order valence-electron chi connectivity index (χ3n) is 4.03. The molecule has 2 rings (SSSR count). The van der Waals surface area contributed by atoms with Gasteiger partial charge in [0.15, 0.2) is 0 Å². The van der Waals surface area contributed by atoms with Gasteiger partial charge in [0.2, 0.25) is 5.91 Å². The van der Waals surface area contributed by atoms with Crippen LogP contribution in [0.1, 0.15) is 25.5 Å². The number of nitrogens with two attached hydrogens (primary N) is 1. The van der Waals surface area contributed by atoms with Gasteiger partial charge in [-0.15, -0.1) is 11.6 Å². The zero-order valence-electron chi connectivity index (χ0n) is 13.4. The van der Waals surface area contributed by atoms with Gasteiger partial charge in [-0.05, 0) is 18.9 Å². The SMILES string of the molecule is COP(=O)(OC)C(F)C[C@]1(CCl)CC[C@H](n2ccc(N)nc2=O)O1. The molecule has 11 heteroatoms. The number of hydrogen-bond donors (Lipinski definition) is 1. The van der Waals surface area contributed by atoms with Crippen LogP contribution in [0.4, 0.5) is 10.2 Å². The Bertz CT molecular complexity index is 682. The average molecular weight is 384 g/mol. The van der Waals surface area contributed by atoms with Crippen LogP contribution < -0.4 is 11.4 Å². The van der Waals surface area contributed by atoms with E-state index in [9.17, 15) is 13.8 Å². The number of halogens is 2. The van der Waals surface area contributed by atoms with Crippen molar-refractivity contribution < 1.29 is 22.7 Å². The van der Waals surface area contributed by atoms with E-state index in [2.05, 4.69) is 14.0 Å². The Morgan fingerprint density at radius 1 is 1.62 bits per heavy atom. The van der Waals surface area contributed by atoms with Gasteiger partial charge in [0, 0.05) is 26.8 Å². The van der Waals surface area contributed by atoms with Crippen LogP contribution in [-0.4, -0.2) is 41.2 Å². The van der Waals surface area contributed by atoms with Gasteiger partial charge < -0.3 is 19.5 Å². The van der Waals surface area contributed by atoms with Gasteiger partial charge in [0.25, 0.3) is 0 Å². The lowest BCUT2D eigenvalue weighted by Gasteiger charge is -2.30. The van der Waals surface area contributed by atoms with E-state index in [0.29, 0.717) is 12.8 Å². The molecule has 0 radical (unpaired) electrons. The van der Waals surface area contributed by atoms with Crippen LogP contribution >= 0.6 is 19.2 Å². The predicted octanol–water partition coefficient (Wildman–Crippen LogP) is 2.28. The van der Waals surface area contributed by atoms with E-state index in [1.165, 1.54) is 16.8 Å². The number of alkyl halides is 2. The van der Waals surface area contributed by atoms with Crippen molar-refractivity contribution in [2.75, 3.05) is 25.8 Å². The zero-order valence-corrected chi connectivity index (χ0v) is 15.0. The maximum atomic E-state index is 14.4. The molecular formula is C13H20ClFN3O5P. The standard InChI is InChI=1S/C13H20ClFN3O5P/c1-21-24(20,22-2)9(15)7-13(8-14)5-3-11(23-13)18-6-4-10(16)17-12(18)19/h4,6,9,11H,3,5,7-8H2,1-2H3,(H2,16,17,19)/t9?,11-,13+/m1/s1.